The molecule has 0 aliphatic carbocycles. The lowest BCUT2D eigenvalue weighted by Crippen LogP contribution is -2.50. The Kier molecular flexibility index (Phi) is 11.7. The van der Waals surface area contributed by atoms with Crippen LogP contribution in [-0.4, -0.2) is 150 Å². The molecule has 15 nitrogen and oxygen atoms in total. The fourth-order valence-corrected chi connectivity index (χ4v) is 6.52. The lowest BCUT2D eigenvalue weighted by molar-refractivity contribution is -0.137. The van der Waals surface area contributed by atoms with E-state index in [1.54, 1.807) is 11.0 Å². The van der Waals surface area contributed by atoms with Gasteiger partial charge in [0.25, 0.3) is 6.43 Å². The number of anilines is 3. The molecule has 2 aromatic heterocycles. The number of hydrogen-bond acceptors (Lipinski definition) is 13. The van der Waals surface area contributed by atoms with Crippen LogP contribution >= 0.6 is 0 Å². The van der Waals surface area contributed by atoms with Gasteiger partial charge in [0, 0.05) is 71.2 Å². The Morgan fingerprint density at radius 1 is 0.898 bits per heavy atom. The van der Waals surface area contributed by atoms with Crippen molar-refractivity contribution in [3.63, 3.8) is 0 Å². The molecule has 0 bridgehead atoms. The predicted molar refractivity (Wildman–Crippen MR) is 177 cm³/mol. The number of alkyl halides is 2. The first kappa shape index (κ1) is 34.8. The van der Waals surface area contributed by atoms with Crippen molar-refractivity contribution in [2.45, 2.75) is 32.1 Å². The van der Waals surface area contributed by atoms with Crippen LogP contribution in [0.3, 0.4) is 0 Å². The van der Waals surface area contributed by atoms with Gasteiger partial charge in [0.05, 0.1) is 25.4 Å². The number of piperidine rings is 1. The van der Waals surface area contributed by atoms with Crippen molar-refractivity contribution in [1.82, 2.24) is 39.6 Å². The standard InChI is InChI=1S/C32H45F2N11O4/c33-28(34)27-24(20-36-30(35)37-27)29-38-31(40-32(39-29)45-16-18-48-19-17-45)44-14-12-43(13-15-44)26(47)22-49-21-23-5-10-42(11-6-23)25(46)4-3-9-41-7-1-2-8-41/h3-4,20,23,28H,1-2,5-19,21-22H2,(H2,35,36,37)/b4-3+. The number of morpholine rings is 1. The summed E-state index contributed by atoms with van der Waals surface area (Å²) in [6.07, 6.45) is 6.14. The number of hydrogen-bond donors (Lipinski definition) is 1. The molecule has 2 N–H and O–H groups in total. The van der Waals surface area contributed by atoms with Crippen LogP contribution in [0.5, 0.6) is 0 Å². The van der Waals surface area contributed by atoms with Gasteiger partial charge in [-0.25, -0.2) is 18.7 Å². The zero-order chi connectivity index (χ0) is 34.2. The maximum atomic E-state index is 13.9. The summed E-state index contributed by atoms with van der Waals surface area (Å²) in [6, 6.07) is 0. The summed E-state index contributed by atoms with van der Waals surface area (Å²) in [5, 5.41) is 0. The number of halogens is 2. The van der Waals surface area contributed by atoms with Crippen molar-refractivity contribution in [3.05, 3.63) is 24.0 Å². The minimum absolute atomic E-state index is 0.0109. The highest BCUT2D eigenvalue weighted by Crippen LogP contribution is 2.30. The lowest BCUT2D eigenvalue weighted by Gasteiger charge is -2.35. The molecule has 49 heavy (non-hydrogen) atoms. The molecule has 6 rings (SSSR count). The Bertz CT molecular complexity index is 1460. The van der Waals surface area contributed by atoms with Crippen LogP contribution in [-0.2, 0) is 19.1 Å². The van der Waals surface area contributed by atoms with E-state index in [1.807, 2.05) is 20.8 Å². The average Bonchev–Trinajstić information content (AvgIpc) is 3.65. The molecule has 266 valence electrons. The van der Waals surface area contributed by atoms with E-state index in [9.17, 15) is 18.4 Å². The molecule has 17 heteroatoms. The van der Waals surface area contributed by atoms with Gasteiger partial charge in [-0.15, -0.1) is 0 Å². The number of nitrogen functional groups attached to an aromatic ring is 1. The zero-order valence-electron chi connectivity index (χ0n) is 27.8. The number of nitrogens with two attached hydrogens (primary N) is 1. The second-order valence-electron chi connectivity index (χ2n) is 12.7. The maximum Gasteiger partial charge on any atom is 0.281 e. The van der Waals surface area contributed by atoms with Crippen LogP contribution < -0.4 is 15.5 Å². The first-order chi connectivity index (χ1) is 23.8. The van der Waals surface area contributed by atoms with Crippen molar-refractivity contribution >= 4 is 29.7 Å². The van der Waals surface area contributed by atoms with Gasteiger partial charge in [-0.05, 0) is 44.7 Å². The molecule has 0 unspecified atom stereocenters. The quantitative estimate of drug-likeness (QED) is 0.337. The van der Waals surface area contributed by atoms with Crippen LogP contribution in [0, 0.1) is 5.92 Å². The minimum Gasteiger partial charge on any atom is -0.378 e. The summed E-state index contributed by atoms with van der Waals surface area (Å²) in [5.74, 6) is 0.697. The molecule has 2 amide bonds. The van der Waals surface area contributed by atoms with Crippen LogP contribution in [0.1, 0.15) is 37.8 Å². The number of rotatable bonds is 11. The number of likely N-dealkylation sites (tertiary alicyclic amines) is 2. The topological polar surface area (TPSA) is 159 Å². The van der Waals surface area contributed by atoms with Crippen molar-refractivity contribution in [2.75, 3.05) is 114 Å². The maximum absolute atomic E-state index is 13.9. The van der Waals surface area contributed by atoms with E-state index in [-0.39, 0.29) is 35.8 Å². The number of carbonyl (C=O) groups is 2. The normalized spacial score (nSPS) is 19.8. The van der Waals surface area contributed by atoms with Gasteiger partial charge in [0.15, 0.2) is 5.82 Å². The molecule has 4 saturated heterocycles. The van der Waals surface area contributed by atoms with Crippen molar-refractivity contribution in [3.8, 4) is 11.4 Å². The van der Waals surface area contributed by atoms with Gasteiger partial charge in [-0.3, -0.25) is 14.5 Å². The average molecular weight is 686 g/mol. The Balaban J connectivity index is 0.987. The van der Waals surface area contributed by atoms with E-state index in [1.165, 1.54) is 19.0 Å². The third-order valence-electron chi connectivity index (χ3n) is 9.43. The highest BCUT2D eigenvalue weighted by molar-refractivity contribution is 5.87. The highest BCUT2D eigenvalue weighted by atomic mass is 19.3. The summed E-state index contributed by atoms with van der Waals surface area (Å²) >= 11 is 0. The van der Waals surface area contributed by atoms with E-state index in [2.05, 4.69) is 29.8 Å². The molecule has 0 saturated carbocycles. The molecular weight excluding hydrogens is 640 g/mol. The van der Waals surface area contributed by atoms with Crippen molar-refractivity contribution in [2.24, 2.45) is 5.92 Å². The van der Waals surface area contributed by atoms with Crippen LogP contribution in [0.15, 0.2) is 18.3 Å². The fourth-order valence-electron chi connectivity index (χ4n) is 6.52. The van der Waals surface area contributed by atoms with Gasteiger partial charge in [0.2, 0.25) is 29.7 Å². The number of ether oxygens (including phenoxy) is 2. The largest absolute Gasteiger partial charge is 0.378 e. The van der Waals surface area contributed by atoms with Gasteiger partial charge in [-0.1, -0.05) is 6.08 Å². The molecule has 4 aliphatic heterocycles. The predicted octanol–water partition coefficient (Wildman–Crippen LogP) is 1.24. The molecule has 0 atom stereocenters. The Hall–Kier alpha value is -4.09. The lowest BCUT2D eigenvalue weighted by atomic mass is 9.98. The molecular formula is C32H45F2N11O4. The SMILES string of the molecule is Nc1ncc(-c2nc(N3CCOCC3)nc(N3CCN(C(=O)COCC4CCN(C(=O)/C=C/CN5CCCC5)CC4)CC3)n2)c(C(F)F)n1. The van der Waals surface area contributed by atoms with E-state index in [0.29, 0.717) is 90.0 Å². The van der Waals surface area contributed by atoms with E-state index < -0.39 is 12.1 Å². The number of piperazine rings is 1. The second kappa shape index (κ2) is 16.5. The minimum atomic E-state index is -2.90. The van der Waals surface area contributed by atoms with Crippen LogP contribution in [0.2, 0.25) is 0 Å². The van der Waals surface area contributed by atoms with Crippen molar-refractivity contribution < 1.29 is 27.8 Å². The zero-order valence-corrected chi connectivity index (χ0v) is 27.8. The van der Waals surface area contributed by atoms with E-state index >= 15 is 0 Å². The van der Waals surface area contributed by atoms with Crippen molar-refractivity contribution in [1.29, 1.82) is 0 Å². The first-order valence-corrected chi connectivity index (χ1v) is 17.1. The third kappa shape index (κ3) is 9.13. The van der Waals surface area contributed by atoms with Gasteiger partial charge >= 0.3 is 0 Å². The fraction of sp³-hybridized carbons (Fsp3) is 0.656. The highest BCUT2D eigenvalue weighted by Gasteiger charge is 2.28. The van der Waals surface area contributed by atoms with Gasteiger partial charge in [-0.2, -0.15) is 15.0 Å². The Labute approximate surface area is 284 Å². The first-order valence-electron chi connectivity index (χ1n) is 17.1. The number of amides is 2. The molecule has 0 spiro atoms. The summed E-state index contributed by atoms with van der Waals surface area (Å²) in [6.45, 7) is 8.69. The van der Waals surface area contributed by atoms with E-state index in [0.717, 1.165) is 32.5 Å². The molecule has 4 aliphatic rings. The molecule has 0 aromatic carbocycles. The van der Waals surface area contributed by atoms with Gasteiger partial charge in [0.1, 0.15) is 12.3 Å². The third-order valence-corrected chi connectivity index (χ3v) is 9.43. The summed E-state index contributed by atoms with van der Waals surface area (Å²) in [5.41, 5.74) is 5.02. The van der Waals surface area contributed by atoms with Crippen LogP contribution in [0.25, 0.3) is 11.4 Å². The Morgan fingerprint density at radius 2 is 1.57 bits per heavy atom. The summed E-state index contributed by atoms with van der Waals surface area (Å²) in [7, 11) is 0. The molecule has 6 heterocycles. The molecule has 0 radical (unpaired) electrons. The monoisotopic (exact) mass is 685 g/mol. The summed E-state index contributed by atoms with van der Waals surface area (Å²) < 4.78 is 39.1. The number of carbonyl (C=O) groups excluding carboxylic acids is 2. The summed E-state index contributed by atoms with van der Waals surface area (Å²) in [4.78, 5) is 56.8. The Morgan fingerprint density at radius 3 is 2.24 bits per heavy atom. The number of aromatic nitrogens is 5. The second-order valence-corrected chi connectivity index (χ2v) is 12.7. The van der Waals surface area contributed by atoms with E-state index in [4.69, 9.17) is 15.2 Å². The van der Waals surface area contributed by atoms with Gasteiger partial charge < -0.3 is 34.8 Å². The number of nitrogens with zero attached hydrogens (tertiary/aromatic N) is 10. The molecule has 4 fully saturated rings. The smallest absolute Gasteiger partial charge is 0.281 e. The molecule has 2 aromatic rings. The van der Waals surface area contributed by atoms with Crippen LogP contribution in [0.4, 0.5) is 26.6 Å².